The van der Waals surface area contributed by atoms with Crippen LogP contribution in [0.2, 0.25) is 0 Å². The molecule has 7 N–H and O–H groups in total. The third kappa shape index (κ3) is 10.7. The summed E-state index contributed by atoms with van der Waals surface area (Å²) >= 11 is 3.90. The van der Waals surface area contributed by atoms with Crippen molar-refractivity contribution in [2.45, 2.75) is 64.2 Å². The lowest BCUT2D eigenvalue weighted by atomic mass is 10.0. The zero-order valence-corrected chi connectivity index (χ0v) is 17.6. The van der Waals surface area contributed by atoms with E-state index in [9.17, 15) is 24.0 Å². The molecule has 166 valence electrons. The van der Waals surface area contributed by atoms with Gasteiger partial charge in [-0.1, -0.05) is 13.8 Å². The van der Waals surface area contributed by atoms with Crippen molar-refractivity contribution >= 4 is 42.3 Å². The molecule has 0 saturated carbocycles. The summed E-state index contributed by atoms with van der Waals surface area (Å²) in [5, 5.41) is 24.9. The van der Waals surface area contributed by atoms with Gasteiger partial charge in [0.1, 0.15) is 18.1 Å². The second-order valence-corrected chi connectivity index (χ2v) is 7.41. The van der Waals surface area contributed by atoms with E-state index in [4.69, 9.17) is 15.9 Å². The van der Waals surface area contributed by atoms with Crippen molar-refractivity contribution in [3.63, 3.8) is 0 Å². The Morgan fingerprint density at radius 3 is 1.86 bits per heavy atom. The predicted molar refractivity (Wildman–Crippen MR) is 107 cm³/mol. The van der Waals surface area contributed by atoms with Gasteiger partial charge in [-0.25, -0.2) is 0 Å². The topological polar surface area (TPSA) is 188 Å². The molecule has 29 heavy (non-hydrogen) atoms. The summed E-state index contributed by atoms with van der Waals surface area (Å²) in [7, 11) is 0. The highest BCUT2D eigenvalue weighted by molar-refractivity contribution is 7.80. The minimum absolute atomic E-state index is 0.0177. The van der Waals surface area contributed by atoms with E-state index in [1.165, 1.54) is 6.92 Å². The van der Waals surface area contributed by atoms with Crippen molar-refractivity contribution in [1.29, 1.82) is 0 Å². The van der Waals surface area contributed by atoms with Crippen molar-refractivity contribution in [3.8, 4) is 0 Å². The second kappa shape index (κ2) is 13.0. The Bertz CT molecular complexity index is 615. The van der Waals surface area contributed by atoms with Crippen molar-refractivity contribution in [3.05, 3.63) is 0 Å². The smallest absolute Gasteiger partial charge is 0.325 e. The van der Waals surface area contributed by atoms with Gasteiger partial charge in [0, 0.05) is 12.2 Å². The van der Waals surface area contributed by atoms with E-state index in [0.29, 0.717) is 0 Å². The number of hydrogen-bond donors (Lipinski definition) is 7. The lowest BCUT2D eigenvalue weighted by molar-refractivity contribution is -0.141. The largest absolute Gasteiger partial charge is 0.481 e. The lowest BCUT2D eigenvalue weighted by Gasteiger charge is -2.25. The number of thiol groups is 1. The molecule has 0 radical (unpaired) electrons. The molecule has 0 aliphatic heterocycles. The molecular weight excluding hydrogens is 404 g/mol. The van der Waals surface area contributed by atoms with Gasteiger partial charge in [0.2, 0.25) is 17.7 Å². The fourth-order valence-corrected chi connectivity index (χ4v) is 2.42. The number of aliphatic carboxylic acids is 2. The van der Waals surface area contributed by atoms with Crippen LogP contribution in [-0.4, -0.2) is 69.8 Å². The molecule has 12 heteroatoms. The summed E-state index contributed by atoms with van der Waals surface area (Å²) in [4.78, 5) is 58.8. The number of hydrogen-bond acceptors (Lipinski definition) is 7. The van der Waals surface area contributed by atoms with Crippen LogP contribution >= 0.6 is 12.6 Å². The fraction of sp³-hybridized carbons (Fsp3) is 0.706. The summed E-state index contributed by atoms with van der Waals surface area (Å²) in [5.74, 6) is -4.55. The van der Waals surface area contributed by atoms with E-state index < -0.39 is 60.2 Å². The van der Waals surface area contributed by atoms with Gasteiger partial charge in [-0.15, -0.1) is 0 Å². The van der Waals surface area contributed by atoms with E-state index in [2.05, 4.69) is 28.6 Å². The maximum Gasteiger partial charge on any atom is 0.325 e. The Balaban J connectivity index is 5.35. The molecule has 3 amide bonds. The van der Waals surface area contributed by atoms with Gasteiger partial charge in [-0.05, 0) is 25.7 Å². The Hall–Kier alpha value is -2.34. The van der Waals surface area contributed by atoms with Crippen LogP contribution in [-0.2, 0) is 24.0 Å². The first-order chi connectivity index (χ1) is 13.4. The molecule has 0 aromatic rings. The molecule has 0 spiro atoms. The van der Waals surface area contributed by atoms with Crippen molar-refractivity contribution in [2.24, 2.45) is 11.7 Å². The molecule has 11 nitrogen and oxygen atoms in total. The monoisotopic (exact) mass is 434 g/mol. The molecule has 0 bridgehead atoms. The first kappa shape index (κ1) is 26.7. The number of nitrogens with two attached hydrogens (primary N) is 1. The number of nitrogens with one attached hydrogen (secondary N) is 3. The number of carbonyl (C=O) groups is 5. The van der Waals surface area contributed by atoms with E-state index in [-0.39, 0.29) is 24.5 Å². The predicted octanol–water partition coefficient (Wildman–Crippen LogP) is -1.29. The van der Waals surface area contributed by atoms with Crippen LogP contribution in [0.15, 0.2) is 0 Å². The molecule has 4 unspecified atom stereocenters. The van der Waals surface area contributed by atoms with Gasteiger partial charge < -0.3 is 31.9 Å². The lowest BCUT2D eigenvalue weighted by Crippen LogP contribution is -2.57. The first-order valence-corrected chi connectivity index (χ1v) is 9.74. The van der Waals surface area contributed by atoms with E-state index in [0.717, 1.165) is 0 Å². The van der Waals surface area contributed by atoms with Gasteiger partial charge in [0.25, 0.3) is 0 Å². The van der Waals surface area contributed by atoms with Gasteiger partial charge >= 0.3 is 11.9 Å². The number of rotatable bonds is 13. The van der Waals surface area contributed by atoms with E-state index in [1.54, 1.807) is 0 Å². The fourth-order valence-electron chi connectivity index (χ4n) is 2.25. The molecule has 0 aliphatic carbocycles. The average molecular weight is 435 g/mol. The molecule has 0 aliphatic rings. The van der Waals surface area contributed by atoms with Crippen LogP contribution in [0.5, 0.6) is 0 Å². The normalized spacial score (nSPS) is 15.0. The van der Waals surface area contributed by atoms with E-state index >= 15 is 0 Å². The first-order valence-electron chi connectivity index (χ1n) is 9.11. The molecular formula is C17H30N4O7S. The third-order valence-corrected chi connectivity index (χ3v) is 4.28. The molecule has 0 saturated heterocycles. The summed E-state index contributed by atoms with van der Waals surface area (Å²) in [6.07, 6.45) is -0.404. The van der Waals surface area contributed by atoms with Gasteiger partial charge in [-0.2, -0.15) is 12.6 Å². The van der Waals surface area contributed by atoms with Crippen LogP contribution < -0.4 is 21.7 Å². The van der Waals surface area contributed by atoms with Crippen LogP contribution in [0.4, 0.5) is 0 Å². The quantitative estimate of drug-likeness (QED) is 0.174. The molecule has 0 aromatic heterocycles. The van der Waals surface area contributed by atoms with Crippen molar-refractivity contribution in [2.75, 3.05) is 5.75 Å². The van der Waals surface area contributed by atoms with Gasteiger partial charge in [0.05, 0.1) is 6.04 Å². The van der Waals surface area contributed by atoms with Crippen molar-refractivity contribution in [1.82, 2.24) is 16.0 Å². The highest BCUT2D eigenvalue weighted by atomic mass is 32.1. The van der Waals surface area contributed by atoms with Crippen LogP contribution in [0.1, 0.15) is 40.0 Å². The zero-order chi connectivity index (χ0) is 22.7. The number of carbonyl (C=O) groups excluding carboxylic acids is 3. The summed E-state index contributed by atoms with van der Waals surface area (Å²) < 4.78 is 0. The maximum atomic E-state index is 12.6. The Morgan fingerprint density at radius 2 is 1.41 bits per heavy atom. The highest BCUT2D eigenvalue weighted by Crippen LogP contribution is 2.07. The minimum atomic E-state index is -1.24. The summed E-state index contributed by atoms with van der Waals surface area (Å²) in [6, 6.07) is -4.45. The average Bonchev–Trinajstić information content (AvgIpc) is 2.62. The standard InChI is InChI=1S/C17H30N4O7S/c1-8(2)6-12(16(26)19-9(3)17(27)28)21-15(25)11(4-5-13(22)23)20-14(24)10(18)7-29/h8-12,29H,4-7,18H2,1-3H3,(H,19,26)(H,20,24)(H,21,25)(H,22,23)(H,27,28). The summed E-state index contributed by atoms with van der Waals surface area (Å²) in [6.45, 7) is 4.90. The highest BCUT2D eigenvalue weighted by Gasteiger charge is 2.29. The van der Waals surface area contributed by atoms with Crippen LogP contribution in [0, 0.1) is 5.92 Å². The minimum Gasteiger partial charge on any atom is -0.481 e. The summed E-state index contributed by atoms with van der Waals surface area (Å²) in [5.41, 5.74) is 5.56. The maximum absolute atomic E-state index is 12.6. The molecule has 0 rings (SSSR count). The van der Waals surface area contributed by atoms with Gasteiger partial charge in [0.15, 0.2) is 0 Å². The Labute approximate surface area is 174 Å². The second-order valence-electron chi connectivity index (χ2n) is 7.04. The SMILES string of the molecule is CC(C)CC(NC(=O)C(CCC(=O)O)NC(=O)C(N)CS)C(=O)NC(C)C(=O)O. The number of carboxylic acids is 2. The Kier molecular flexibility index (Phi) is 11.9. The molecule has 0 heterocycles. The molecule has 0 aromatic carbocycles. The molecule has 4 atom stereocenters. The molecule has 0 fully saturated rings. The third-order valence-electron chi connectivity index (χ3n) is 3.88. The van der Waals surface area contributed by atoms with Gasteiger partial charge in [-0.3, -0.25) is 24.0 Å². The number of amides is 3. The Morgan fingerprint density at radius 1 is 0.897 bits per heavy atom. The van der Waals surface area contributed by atoms with Crippen molar-refractivity contribution < 1.29 is 34.2 Å². The van der Waals surface area contributed by atoms with Crippen LogP contribution in [0.25, 0.3) is 0 Å². The van der Waals surface area contributed by atoms with E-state index in [1.807, 2.05) is 13.8 Å². The zero-order valence-electron chi connectivity index (χ0n) is 16.7. The number of carboxylic acid groups (broad SMARTS) is 2. The van der Waals surface area contributed by atoms with Crippen LogP contribution in [0.3, 0.4) is 0 Å².